The van der Waals surface area contributed by atoms with E-state index in [4.69, 9.17) is 33.7 Å². The van der Waals surface area contributed by atoms with Gasteiger partial charge >= 0.3 is 0 Å². The number of rotatable bonds is 7. The zero-order valence-corrected chi connectivity index (χ0v) is 20.6. The first-order valence-corrected chi connectivity index (χ1v) is 11.9. The minimum absolute atomic E-state index is 0.114. The van der Waals surface area contributed by atoms with Gasteiger partial charge in [-0.1, -0.05) is 41.4 Å². The summed E-state index contributed by atoms with van der Waals surface area (Å²) in [4.78, 5) is 17.2. The van der Waals surface area contributed by atoms with Crippen LogP contribution >= 0.6 is 23.2 Å². The zero-order chi connectivity index (χ0) is 24.1. The summed E-state index contributed by atoms with van der Waals surface area (Å²) in [7, 11) is 2.14. The predicted octanol–water partition coefficient (Wildman–Crippen LogP) is 5.01. The fourth-order valence-electron chi connectivity index (χ4n) is 3.86. The molecule has 0 unspecified atom stereocenters. The molecule has 1 aliphatic rings. The zero-order valence-electron chi connectivity index (χ0n) is 19.1. The summed E-state index contributed by atoms with van der Waals surface area (Å²) in [6.45, 7) is 4.66. The Hall–Kier alpha value is -2.77. The van der Waals surface area contributed by atoms with Crippen LogP contribution < -0.4 is 15.8 Å². The molecule has 34 heavy (non-hydrogen) atoms. The van der Waals surface area contributed by atoms with E-state index in [1.807, 2.05) is 36.4 Å². The summed E-state index contributed by atoms with van der Waals surface area (Å²) in [6.07, 6.45) is 0. The van der Waals surface area contributed by atoms with Gasteiger partial charge < -0.3 is 20.7 Å². The lowest BCUT2D eigenvalue weighted by molar-refractivity contribution is -0.118. The number of ether oxygens (including phenoxy) is 1. The van der Waals surface area contributed by atoms with Gasteiger partial charge in [0.1, 0.15) is 5.75 Å². The number of hydrogen-bond donors (Lipinski definition) is 2. The molecule has 1 aliphatic heterocycles. The third-order valence-corrected chi connectivity index (χ3v) is 6.60. The van der Waals surface area contributed by atoms with E-state index in [1.54, 1.807) is 18.2 Å². The minimum Gasteiger partial charge on any atom is -0.483 e. The molecule has 3 aromatic rings. The molecular formula is C26H28Cl2N4O2. The van der Waals surface area contributed by atoms with Crippen LogP contribution in [0.25, 0.3) is 11.1 Å². The van der Waals surface area contributed by atoms with Crippen LogP contribution in [-0.4, -0.2) is 55.5 Å². The summed E-state index contributed by atoms with van der Waals surface area (Å²) >= 11 is 12.0. The van der Waals surface area contributed by atoms with Gasteiger partial charge in [0.15, 0.2) is 6.61 Å². The number of benzene rings is 3. The van der Waals surface area contributed by atoms with Crippen LogP contribution in [0.2, 0.25) is 10.0 Å². The Labute approximate surface area is 210 Å². The number of amides is 1. The van der Waals surface area contributed by atoms with Crippen molar-refractivity contribution >= 4 is 40.5 Å². The van der Waals surface area contributed by atoms with Gasteiger partial charge in [-0.3, -0.25) is 9.69 Å². The molecule has 0 saturated carbocycles. The van der Waals surface area contributed by atoms with E-state index >= 15 is 0 Å². The lowest BCUT2D eigenvalue weighted by Gasteiger charge is -2.32. The van der Waals surface area contributed by atoms with Crippen LogP contribution in [0.4, 0.5) is 11.4 Å². The first kappa shape index (κ1) is 24.4. The summed E-state index contributed by atoms with van der Waals surface area (Å²) in [5.74, 6) is 0.425. The second-order valence-corrected chi connectivity index (χ2v) is 9.30. The van der Waals surface area contributed by atoms with Crippen molar-refractivity contribution in [1.82, 2.24) is 9.80 Å². The van der Waals surface area contributed by atoms with Crippen LogP contribution in [0.3, 0.4) is 0 Å². The molecule has 1 amide bonds. The number of nitrogens with one attached hydrogen (secondary N) is 1. The highest BCUT2D eigenvalue weighted by atomic mass is 35.5. The number of anilines is 2. The summed E-state index contributed by atoms with van der Waals surface area (Å²) in [6, 6.07) is 18.8. The second-order valence-electron chi connectivity index (χ2n) is 8.49. The first-order valence-electron chi connectivity index (χ1n) is 11.1. The number of hydrogen-bond acceptors (Lipinski definition) is 5. The Kier molecular flexibility index (Phi) is 7.95. The van der Waals surface area contributed by atoms with E-state index in [1.165, 1.54) is 0 Å². The molecule has 1 saturated heterocycles. The summed E-state index contributed by atoms with van der Waals surface area (Å²) < 4.78 is 5.97. The van der Waals surface area contributed by atoms with Gasteiger partial charge in [-0.05, 0) is 60.6 Å². The average molecular weight is 499 g/mol. The number of carbonyl (C=O) groups is 1. The maximum absolute atomic E-state index is 12.5. The Morgan fingerprint density at radius 3 is 2.35 bits per heavy atom. The van der Waals surface area contributed by atoms with E-state index in [0.717, 1.165) is 55.1 Å². The van der Waals surface area contributed by atoms with E-state index < -0.39 is 0 Å². The molecule has 0 spiro atoms. The largest absolute Gasteiger partial charge is 0.483 e. The van der Waals surface area contributed by atoms with Crippen molar-refractivity contribution in [1.29, 1.82) is 0 Å². The molecule has 1 fully saturated rings. The van der Waals surface area contributed by atoms with E-state index in [-0.39, 0.29) is 12.5 Å². The monoisotopic (exact) mass is 498 g/mol. The molecule has 8 heteroatoms. The van der Waals surface area contributed by atoms with Crippen molar-refractivity contribution in [2.75, 3.05) is 50.9 Å². The molecule has 6 nitrogen and oxygen atoms in total. The smallest absolute Gasteiger partial charge is 0.262 e. The highest BCUT2D eigenvalue weighted by molar-refractivity contribution is 6.42. The van der Waals surface area contributed by atoms with Gasteiger partial charge in [0.05, 0.1) is 10.0 Å². The minimum atomic E-state index is -0.272. The normalized spacial score (nSPS) is 14.7. The molecule has 3 N–H and O–H groups in total. The highest BCUT2D eigenvalue weighted by Gasteiger charge is 2.17. The summed E-state index contributed by atoms with van der Waals surface area (Å²) in [5.41, 5.74) is 10.4. The molecule has 3 aromatic carbocycles. The van der Waals surface area contributed by atoms with Crippen molar-refractivity contribution < 1.29 is 9.53 Å². The van der Waals surface area contributed by atoms with Gasteiger partial charge in [-0.2, -0.15) is 0 Å². The van der Waals surface area contributed by atoms with Crippen LogP contribution in [0, 0.1) is 0 Å². The van der Waals surface area contributed by atoms with Crippen LogP contribution in [0.1, 0.15) is 5.56 Å². The standard InChI is InChI=1S/C26H28Cl2N4O2/c1-31-10-12-32(13-11-31)16-20-14-19(18-2-5-21(29)6-3-18)4-9-25(20)34-17-26(33)30-22-7-8-23(27)24(28)15-22/h2-9,14-15H,10-13,16-17,29H2,1H3,(H,30,33). The highest BCUT2D eigenvalue weighted by Crippen LogP contribution is 2.29. The third kappa shape index (κ3) is 6.42. The van der Waals surface area contributed by atoms with Crippen LogP contribution in [-0.2, 0) is 11.3 Å². The van der Waals surface area contributed by atoms with Gasteiger partial charge in [-0.25, -0.2) is 0 Å². The van der Waals surface area contributed by atoms with Gasteiger partial charge in [0.25, 0.3) is 5.91 Å². The van der Waals surface area contributed by atoms with E-state index in [9.17, 15) is 4.79 Å². The molecule has 4 rings (SSSR count). The first-order chi connectivity index (χ1) is 16.4. The van der Waals surface area contributed by atoms with Gasteiger partial charge in [0, 0.05) is 49.7 Å². The van der Waals surface area contributed by atoms with E-state index in [0.29, 0.717) is 21.5 Å². The number of nitrogens with two attached hydrogens (primary N) is 1. The van der Waals surface area contributed by atoms with Crippen molar-refractivity contribution in [3.05, 3.63) is 76.3 Å². The van der Waals surface area contributed by atoms with Crippen LogP contribution in [0.5, 0.6) is 5.75 Å². The Morgan fingerprint density at radius 2 is 1.65 bits per heavy atom. The molecule has 0 aliphatic carbocycles. The average Bonchev–Trinajstić information content (AvgIpc) is 2.82. The van der Waals surface area contributed by atoms with Crippen LogP contribution in [0.15, 0.2) is 60.7 Å². The lowest BCUT2D eigenvalue weighted by Crippen LogP contribution is -2.43. The molecule has 1 heterocycles. The maximum Gasteiger partial charge on any atom is 0.262 e. The second kappa shape index (κ2) is 11.1. The molecule has 0 atom stereocenters. The van der Waals surface area contributed by atoms with E-state index in [2.05, 4.69) is 28.2 Å². The fourth-order valence-corrected chi connectivity index (χ4v) is 4.16. The fraction of sp³-hybridized carbons (Fsp3) is 0.269. The Bertz CT molecular complexity index is 1150. The Morgan fingerprint density at radius 1 is 0.941 bits per heavy atom. The number of halogens is 2. The number of likely N-dealkylation sites (N-methyl/N-ethyl adjacent to an activating group) is 1. The quantitative estimate of drug-likeness (QED) is 0.448. The van der Waals surface area contributed by atoms with Crippen molar-refractivity contribution in [2.45, 2.75) is 6.54 Å². The SMILES string of the molecule is CN1CCN(Cc2cc(-c3ccc(N)cc3)ccc2OCC(=O)Nc2ccc(Cl)c(Cl)c2)CC1. The topological polar surface area (TPSA) is 70.8 Å². The maximum atomic E-state index is 12.5. The third-order valence-electron chi connectivity index (χ3n) is 5.86. The van der Waals surface area contributed by atoms with Gasteiger partial charge in [0.2, 0.25) is 0 Å². The molecule has 0 radical (unpaired) electrons. The number of piperazine rings is 1. The van der Waals surface area contributed by atoms with Crippen molar-refractivity contribution in [3.8, 4) is 16.9 Å². The Balaban J connectivity index is 1.49. The molecule has 178 valence electrons. The number of carbonyl (C=O) groups excluding carboxylic acids is 1. The predicted molar refractivity (Wildman–Crippen MR) is 140 cm³/mol. The molecule has 0 aromatic heterocycles. The van der Waals surface area contributed by atoms with Gasteiger partial charge in [-0.15, -0.1) is 0 Å². The summed E-state index contributed by atoms with van der Waals surface area (Å²) in [5, 5.41) is 3.61. The lowest BCUT2D eigenvalue weighted by atomic mass is 10.0. The van der Waals surface area contributed by atoms with Crippen molar-refractivity contribution in [2.24, 2.45) is 0 Å². The molecular weight excluding hydrogens is 471 g/mol. The van der Waals surface area contributed by atoms with Crippen molar-refractivity contribution in [3.63, 3.8) is 0 Å². The number of nitrogens with zero attached hydrogens (tertiary/aromatic N) is 2. The molecule has 0 bridgehead atoms. The number of nitrogen functional groups attached to an aromatic ring is 1.